The highest BCUT2D eigenvalue weighted by molar-refractivity contribution is 6.15. The lowest BCUT2D eigenvalue weighted by atomic mass is 9.84. The maximum atomic E-state index is 14.6. The Balaban J connectivity index is 0.000000235. The number of carboxylic acids is 1. The summed E-state index contributed by atoms with van der Waals surface area (Å²) in [6, 6.07) is 9.51. The lowest BCUT2D eigenvalue weighted by Crippen LogP contribution is -2.56. The van der Waals surface area contributed by atoms with Crippen LogP contribution in [0.5, 0.6) is 0 Å². The van der Waals surface area contributed by atoms with E-state index in [-0.39, 0.29) is 37.1 Å². The molecule has 2 aromatic heterocycles. The van der Waals surface area contributed by atoms with Gasteiger partial charge in [-0.05, 0) is 78.8 Å². The van der Waals surface area contributed by atoms with Crippen LogP contribution in [0, 0.1) is 18.7 Å². The fourth-order valence-corrected chi connectivity index (χ4v) is 10.2. The fourth-order valence-electron chi connectivity index (χ4n) is 10.2. The number of hydrogen-bond acceptors (Lipinski definition) is 15. The summed E-state index contributed by atoms with van der Waals surface area (Å²) in [5, 5.41) is 24.2. The number of aromatic nitrogens is 2. The first-order valence-electron chi connectivity index (χ1n) is 26.2. The van der Waals surface area contributed by atoms with Gasteiger partial charge >= 0.3 is 11.9 Å². The van der Waals surface area contributed by atoms with Crippen LogP contribution in [0.3, 0.4) is 0 Å². The van der Waals surface area contributed by atoms with Gasteiger partial charge in [-0.3, -0.25) is 57.6 Å². The number of halogens is 1. The molecule has 1 fully saturated rings. The summed E-state index contributed by atoms with van der Waals surface area (Å²) in [5.41, 5.74) is 13.4. The minimum Gasteiger partial charge on any atom is -0.480 e. The number of nitrogens with two attached hydrogens (primary N) is 1. The predicted molar refractivity (Wildman–Crippen MR) is 281 cm³/mol. The number of fused-ring (bicyclic) bond motifs is 5. The molecule has 9 rings (SSSR count). The van der Waals surface area contributed by atoms with Crippen LogP contribution in [0.25, 0.3) is 22.3 Å². The van der Waals surface area contributed by atoms with Crippen molar-refractivity contribution in [1.82, 2.24) is 46.4 Å². The first kappa shape index (κ1) is 57.5. The van der Waals surface area contributed by atoms with Crippen LogP contribution in [-0.4, -0.2) is 136 Å². The first-order valence-corrected chi connectivity index (χ1v) is 26.2. The lowest BCUT2D eigenvalue weighted by Gasteiger charge is -2.25. The van der Waals surface area contributed by atoms with Gasteiger partial charge in [0, 0.05) is 42.1 Å². The van der Waals surface area contributed by atoms with Crippen LogP contribution in [0.15, 0.2) is 59.4 Å². The van der Waals surface area contributed by atoms with E-state index in [4.69, 9.17) is 25.3 Å². The Bertz CT molecular complexity index is 3250. The number of aliphatic carboxylic acids is 1. The van der Waals surface area contributed by atoms with Crippen LogP contribution >= 0.6 is 0 Å². The summed E-state index contributed by atoms with van der Waals surface area (Å²) in [7, 11) is 0. The van der Waals surface area contributed by atoms with Crippen molar-refractivity contribution in [3.05, 3.63) is 110 Å². The maximum absolute atomic E-state index is 14.6. The molecule has 4 unspecified atom stereocenters. The number of carbonyl (C=O) groups excluding carboxylic acids is 9. The number of esters is 1. The van der Waals surface area contributed by atoms with Gasteiger partial charge in [0.1, 0.15) is 37.3 Å². The molecule has 0 radical (unpaired) electrons. The second-order valence-electron chi connectivity index (χ2n) is 20.0. The van der Waals surface area contributed by atoms with E-state index in [1.165, 1.54) is 11.6 Å². The molecule has 5 heterocycles. The highest BCUT2D eigenvalue weighted by Gasteiger charge is 2.38. The standard InChI is InChI=1S/C31H40N8O11.C24H21FN2O3/c32-29(47)22(11-19-6-7-19)50-17-37-24(41)14-35-30(48)20(10-18-4-2-1-3-5-18)38-25(42)15-34-23(40)13-36-31(49)21(12-33-16-28(45)46)39-26(43)8-9-27(39)44;1-3-12-15-7-20-22-16(9-27(20)23(28)17(15)10-30-24(12)29)14-6-4-5-13-11(2)18(25)8-19(26-22)21(13)14/h1-5,8-9,19-22,33H,6-7,10-17H2,(H2,32,47)(H,34,40)(H,35,48)(H,36,49)(H,37,41)(H,38,42)(H,45,46);7-8,12H,3-6,9-10H2,1-2H3. The van der Waals surface area contributed by atoms with E-state index < -0.39 is 110 Å². The second-order valence-corrected chi connectivity index (χ2v) is 20.0. The highest BCUT2D eigenvalue weighted by atomic mass is 19.1. The van der Waals surface area contributed by atoms with Crippen molar-refractivity contribution in [2.45, 2.75) is 102 Å². The number of imide groups is 1. The number of aryl methyl sites for hydroxylation is 2. The molecule has 0 saturated heterocycles. The zero-order valence-electron chi connectivity index (χ0n) is 43.9. The fraction of sp³-hybridized carbons (Fsp3) is 0.418. The number of hydrogen-bond donors (Lipinski definition) is 8. The molecule has 5 aliphatic rings. The van der Waals surface area contributed by atoms with E-state index in [0.29, 0.717) is 52.4 Å². The number of ether oxygens (including phenoxy) is 2. The summed E-state index contributed by atoms with van der Waals surface area (Å²) >= 11 is 0. The molecule has 0 bridgehead atoms. The molecule has 4 atom stereocenters. The summed E-state index contributed by atoms with van der Waals surface area (Å²) < 4.78 is 27.0. The number of nitrogens with zero attached hydrogens (tertiary/aromatic N) is 3. The quantitative estimate of drug-likeness (QED) is 0.0236. The predicted octanol–water partition coefficient (Wildman–Crippen LogP) is -0.314. The molecule has 3 aliphatic heterocycles. The average Bonchev–Trinajstić information content (AvgIpc) is 4.10. The number of primary amides is 1. The SMILES string of the molecule is CCC1C(=O)OCc2c1cc1n(c2=O)Cc2c-1nc1cc(F)c(C)c3c1c2CCC3.NC(=O)C(CC1CC1)OCNC(=O)CNC(=O)C(Cc1ccccc1)NC(=O)CNC(=O)CNC(=O)C(CNCC(=O)O)N1C(=O)C=CC1=O. The largest absolute Gasteiger partial charge is 0.480 e. The van der Waals surface area contributed by atoms with Crippen molar-refractivity contribution < 1.29 is 66.9 Å². The molecule has 4 aromatic rings. The molecular weight excluding hydrogens is 1040 g/mol. The van der Waals surface area contributed by atoms with Crippen molar-refractivity contribution in [2.75, 3.05) is 39.5 Å². The van der Waals surface area contributed by atoms with E-state index in [2.05, 4.69) is 31.9 Å². The molecule has 80 heavy (non-hydrogen) atoms. The van der Waals surface area contributed by atoms with Crippen molar-refractivity contribution >= 4 is 70.1 Å². The van der Waals surface area contributed by atoms with Crippen LogP contribution in [0.2, 0.25) is 0 Å². The van der Waals surface area contributed by atoms with Gasteiger partial charge < -0.3 is 56.8 Å². The molecule has 24 nitrogen and oxygen atoms in total. The molecule has 2 aliphatic carbocycles. The molecule has 9 N–H and O–H groups in total. The Kier molecular flexibility index (Phi) is 18.2. The minimum atomic E-state index is -1.47. The van der Waals surface area contributed by atoms with Crippen LogP contribution < -0.4 is 43.2 Å². The van der Waals surface area contributed by atoms with Gasteiger partial charge in [0.05, 0.1) is 61.1 Å². The van der Waals surface area contributed by atoms with Gasteiger partial charge in [-0.15, -0.1) is 0 Å². The smallest absolute Gasteiger partial charge is 0.317 e. The van der Waals surface area contributed by atoms with E-state index >= 15 is 0 Å². The Hall–Kier alpha value is -8.71. The number of rotatable bonds is 23. The summed E-state index contributed by atoms with van der Waals surface area (Å²) in [4.78, 5) is 141. The second kappa shape index (κ2) is 25.4. The highest BCUT2D eigenvalue weighted by Crippen LogP contribution is 2.42. The Morgan fingerprint density at radius 3 is 2.20 bits per heavy atom. The van der Waals surface area contributed by atoms with E-state index in [0.717, 1.165) is 77.7 Å². The van der Waals surface area contributed by atoms with Gasteiger partial charge in [-0.1, -0.05) is 50.1 Å². The Labute approximate surface area is 456 Å². The Morgan fingerprint density at radius 1 is 0.850 bits per heavy atom. The average molecular weight is 1110 g/mol. The topological polar surface area (TPSA) is 346 Å². The first-order chi connectivity index (χ1) is 38.3. The summed E-state index contributed by atoms with van der Waals surface area (Å²) in [6.45, 7) is 1.23. The lowest BCUT2D eigenvalue weighted by molar-refractivity contribution is -0.148. The van der Waals surface area contributed by atoms with Gasteiger partial charge in [-0.25, -0.2) is 9.37 Å². The molecule has 25 heteroatoms. The molecule has 2 aromatic carbocycles. The van der Waals surface area contributed by atoms with Crippen molar-refractivity contribution in [3.63, 3.8) is 0 Å². The number of amides is 8. The summed E-state index contributed by atoms with van der Waals surface area (Å²) in [6.07, 6.45) is 6.82. The van der Waals surface area contributed by atoms with Crippen LogP contribution in [0.4, 0.5) is 4.39 Å². The molecule has 0 spiro atoms. The zero-order chi connectivity index (χ0) is 57.4. The van der Waals surface area contributed by atoms with Crippen LogP contribution in [0.1, 0.15) is 83.9 Å². The molecule has 1 saturated carbocycles. The summed E-state index contributed by atoms with van der Waals surface area (Å²) in [5.74, 6) is -7.92. The number of carbonyl (C=O) groups is 10. The zero-order valence-corrected chi connectivity index (χ0v) is 43.9. The van der Waals surface area contributed by atoms with E-state index in [1.807, 2.05) is 19.9 Å². The number of pyridine rings is 2. The molecule has 422 valence electrons. The third-order valence-electron chi connectivity index (χ3n) is 14.5. The van der Waals surface area contributed by atoms with E-state index in [1.54, 1.807) is 34.9 Å². The molecule has 8 amide bonds. The third kappa shape index (κ3) is 13.4. The third-order valence-corrected chi connectivity index (χ3v) is 14.5. The monoisotopic (exact) mass is 1100 g/mol. The minimum absolute atomic E-state index is 0.0247. The van der Waals surface area contributed by atoms with Crippen molar-refractivity contribution in [2.24, 2.45) is 11.7 Å². The van der Waals surface area contributed by atoms with Gasteiger partial charge in [0.2, 0.25) is 35.4 Å². The number of carboxylic acid groups (broad SMARTS) is 1. The maximum Gasteiger partial charge on any atom is 0.317 e. The van der Waals surface area contributed by atoms with Gasteiger partial charge in [0.15, 0.2) is 0 Å². The number of benzene rings is 2. The van der Waals surface area contributed by atoms with E-state index in [9.17, 15) is 57.1 Å². The Morgan fingerprint density at radius 2 is 1.52 bits per heavy atom. The van der Waals surface area contributed by atoms with Crippen molar-refractivity contribution in [1.29, 1.82) is 0 Å². The van der Waals surface area contributed by atoms with Crippen molar-refractivity contribution in [3.8, 4) is 11.4 Å². The molecular formula is C55H61FN10O14. The normalized spacial score (nSPS) is 16.7. The van der Waals surface area contributed by atoms with Crippen LogP contribution in [-0.2, 0) is 89.8 Å². The van der Waals surface area contributed by atoms with Gasteiger partial charge in [-0.2, -0.15) is 0 Å². The number of nitrogens with one attached hydrogen (secondary N) is 6. The number of cyclic esters (lactones) is 1. The van der Waals surface area contributed by atoms with Gasteiger partial charge in [0.25, 0.3) is 17.4 Å².